The molecule has 3 rings (SSSR count). The normalized spacial score (nSPS) is 16.9. The van der Waals surface area contributed by atoms with E-state index < -0.39 is 5.82 Å². The molecule has 34 heavy (non-hydrogen) atoms. The van der Waals surface area contributed by atoms with Gasteiger partial charge in [0.1, 0.15) is 5.82 Å². The van der Waals surface area contributed by atoms with Crippen molar-refractivity contribution in [3.8, 4) is 5.75 Å². The van der Waals surface area contributed by atoms with Gasteiger partial charge in [-0.1, -0.05) is 19.1 Å². The van der Waals surface area contributed by atoms with Gasteiger partial charge in [0, 0.05) is 54.0 Å². The summed E-state index contributed by atoms with van der Waals surface area (Å²) in [6, 6.07) is 3.63. The maximum Gasteiger partial charge on any atom is 0.178 e. The quantitative estimate of drug-likeness (QED) is 0.461. The highest BCUT2D eigenvalue weighted by atomic mass is 19.1. The molecule has 1 fully saturated rings. The Labute approximate surface area is 200 Å². The standard InChI is InChI=1S/C26H31FN6O/c1-3-33-24(28)17-32-14-21-9-10-23(20-7-4-8-20)26(25(21)27)34-18-31-11-5-6-19(2)22-15-29-12-13-30-16-22/h3,9-12,14-17,20H,2,4-8,13,18,28H2,1H3/b24-17-,31-11-,32-14+,33-3-. The molecular formula is C26H31FN6O. The molecule has 1 aliphatic carbocycles. The van der Waals surface area contributed by atoms with Crippen LogP contribution in [0.4, 0.5) is 4.39 Å². The largest absolute Gasteiger partial charge is 0.468 e. The second kappa shape index (κ2) is 13.1. The summed E-state index contributed by atoms with van der Waals surface area (Å²) in [5.74, 6) is 0.364. The maximum absolute atomic E-state index is 15.3. The van der Waals surface area contributed by atoms with Crippen LogP contribution < -0.4 is 10.5 Å². The lowest BCUT2D eigenvalue weighted by Crippen LogP contribution is -2.13. The SMILES string of the molecule is C=C(CC/C=N\COc1c(C2CCC2)ccc(/C=N/C=C(N)\N=C/C)c1F)C1=CN=CCN=C1. The van der Waals surface area contributed by atoms with Gasteiger partial charge in [-0.2, -0.15) is 0 Å². The van der Waals surface area contributed by atoms with Crippen LogP contribution >= 0.6 is 0 Å². The molecule has 8 heteroatoms. The Morgan fingerprint density at radius 1 is 1.35 bits per heavy atom. The van der Waals surface area contributed by atoms with Crippen molar-refractivity contribution >= 4 is 31.1 Å². The fraction of sp³-hybridized carbons (Fsp3) is 0.346. The lowest BCUT2D eigenvalue weighted by atomic mass is 9.79. The Morgan fingerprint density at radius 2 is 2.21 bits per heavy atom. The van der Waals surface area contributed by atoms with Gasteiger partial charge in [-0.25, -0.2) is 9.38 Å². The molecule has 1 aromatic rings. The molecule has 0 amide bonds. The van der Waals surface area contributed by atoms with Crippen LogP contribution in [-0.2, 0) is 0 Å². The number of allylic oxidation sites excluding steroid dienone is 2. The van der Waals surface area contributed by atoms with Crippen molar-refractivity contribution in [2.75, 3.05) is 13.3 Å². The first-order valence-electron chi connectivity index (χ1n) is 11.4. The molecule has 1 saturated carbocycles. The van der Waals surface area contributed by atoms with Crippen molar-refractivity contribution in [3.63, 3.8) is 0 Å². The van der Waals surface area contributed by atoms with Crippen LogP contribution in [0.25, 0.3) is 0 Å². The second-order valence-corrected chi connectivity index (χ2v) is 7.93. The lowest BCUT2D eigenvalue weighted by Gasteiger charge is -2.28. The number of hydrogen-bond donors (Lipinski definition) is 1. The van der Waals surface area contributed by atoms with Gasteiger partial charge in [0.15, 0.2) is 18.3 Å². The number of nitrogens with zero attached hydrogens (tertiary/aromatic N) is 5. The zero-order valence-electron chi connectivity index (χ0n) is 19.5. The monoisotopic (exact) mass is 462 g/mol. The average molecular weight is 463 g/mol. The summed E-state index contributed by atoms with van der Waals surface area (Å²) in [6.07, 6.45) is 16.1. The van der Waals surface area contributed by atoms with Crippen LogP contribution in [0.1, 0.15) is 56.1 Å². The van der Waals surface area contributed by atoms with Gasteiger partial charge in [0.2, 0.25) is 0 Å². The maximum atomic E-state index is 15.3. The van der Waals surface area contributed by atoms with Crippen LogP contribution in [0.15, 0.2) is 73.0 Å². The van der Waals surface area contributed by atoms with E-state index in [1.807, 2.05) is 6.07 Å². The van der Waals surface area contributed by atoms with Crippen LogP contribution in [0.5, 0.6) is 5.75 Å². The van der Waals surface area contributed by atoms with E-state index in [4.69, 9.17) is 10.5 Å². The molecule has 0 spiro atoms. The molecule has 0 bridgehead atoms. The molecule has 7 nitrogen and oxygen atoms in total. The number of halogens is 1. The minimum Gasteiger partial charge on any atom is -0.468 e. The number of hydrogen-bond acceptors (Lipinski definition) is 7. The van der Waals surface area contributed by atoms with E-state index in [0.29, 0.717) is 24.4 Å². The van der Waals surface area contributed by atoms with Crippen molar-refractivity contribution in [2.45, 2.75) is 44.9 Å². The highest BCUT2D eigenvalue weighted by Gasteiger charge is 2.25. The number of rotatable bonds is 11. The third-order valence-corrected chi connectivity index (χ3v) is 5.53. The van der Waals surface area contributed by atoms with Gasteiger partial charge in [0.25, 0.3) is 0 Å². The molecule has 0 aromatic heterocycles. The Balaban J connectivity index is 1.61. The zero-order chi connectivity index (χ0) is 24.2. The Bertz CT molecular complexity index is 1080. The highest BCUT2D eigenvalue weighted by Crippen LogP contribution is 2.42. The smallest absolute Gasteiger partial charge is 0.178 e. The van der Waals surface area contributed by atoms with Crippen LogP contribution in [-0.4, -0.2) is 44.3 Å². The zero-order valence-corrected chi connectivity index (χ0v) is 19.5. The first-order valence-corrected chi connectivity index (χ1v) is 11.4. The molecule has 2 N–H and O–H groups in total. The van der Waals surface area contributed by atoms with E-state index in [2.05, 4.69) is 31.5 Å². The summed E-state index contributed by atoms with van der Waals surface area (Å²) in [4.78, 5) is 20.7. The second-order valence-electron chi connectivity index (χ2n) is 7.93. The van der Waals surface area contributed by atoms with Gasteiger partial charge >= 0.3 is 0 Å². The number of benzene rings is 1. The summed E-state index contributed by atoms with van der Waals surface area (Å²) in [5.41, 5.74) is 8.74. The molecule has 0 radical (unpaired) electrons. The van der Waals surface area contributed by atoms with Gasteiger partial charge in [0.05, 0.1) is 12.7 Å². The van der Waals surface area contributed by atoms with Crippen LogP contribution in [0.3, 0.4) is 0 Å². The van der Waals surface area contributed by atoms with Crippen molar-refractivity contribution < 1.29 is 9.13 Å². The molecule has 178 valence electrons. The van der Waals surface area contributed by atoms with Gasteiger partial charge in [-0.05, 0) is 50.2 Å². The number of nitrogens with two attached hydrogens (primary N) is 1. The van der Waals surface area contributed by atoms with E-state index >= 15 is 4.39 Å². The topological polar surface area (TPSA) is 97.0 Å². The minimum atomic E-state index is -0.442. The Hall–Kier alpha value is -3.68. The van der Waals surface area contributed by atoms with Gasteiger partial charge in [-0.3, -0.25) is 20.0 Å². The molecule has 1 aromatic carbocycles. The predicted molar refractivity (Wildman–Crippen MR) is 139 cm³/mol. The highest BCUT2D eigenvalue weighted by molar-refractivity contribution is 5.87. The summed E-state index contributed by atoms with van der Waals surface area (Å²) in [7, 11) is 0. The van der Waals surface area contributed by atoms with Gasteiger partial charge < -0.3 is 10.5 Å². The molecule has 0 atom stereocenters. The van der Waals surface area contributed by atoms with Crippen LogP contribution in [0.2, 0.25) is 0 Å². The third kappa shape index (κ3) is 7.16. The van der Waals surface area contributed by atoms with Crippen molar-refractivity contribution in [1.29, 1.82) is 0 Å². The number of aliphatic imine (C=N–C) groups is 5. The fourth-order valence-corrected chi connectivity index (χ4v) is 3.47. The first-order chi connectivity index (χ1) is 16.6. The Morgan fingerprint density at radius 3 is 2.97 bits per heavy atom. The van der Waals surface area contributed by atoms with E-state index in [9.17, 15) is 0 Å². The van der Waals surface area contributed by atoms with Crippen molar-refractivity contribution in [1.82, 2.24) is 0 Å². The van der Waals surface area contributed by atoms with E-state index in [1.165, 1.54) is 12.4 Å². The molecular weight excluding hydrogens is 431 g/mol. The average Bonchev–Trinajstić information content (AvgIpc) is 3.08. The molecule has 0 saturated heterocycles. The van der Waals surface area contributed by atoms with E-state index in [0.717, 1.165) is 42.4 Å². The van der Waals surface area contributed by atoms with Crippen LogP contribution in [0, 0.1) is 5.82 Å². The van der Waals surface area contributed by atoms with Crippen molar-refractivity contribution in [3.05, 3.63) is 65.0 Å². The lowest BCUT2D eigenvalue weighted by molar-refractivity contribution is 0.299. The first kappa shape index (κ1) is 25.0. The summed E-state index contributed by atoms with van der Waals surface area (Å²) in [6.45, 7) is 6.46. The van der Waals surface area contributed by atoms with E-state index in [1.54, 1.807) is 44.0 Å². The van der Waals surface area contributed by atoms with Gasteiger partial charge in [-0.15, -0.1) is 0 Å². The third-order valence-electron chi connectivity index (χ3n) is 5.53. The van der Waals surface area contributed by atoms with Crippen molar-refractivity contribution in [2.24, 2.45) is 30.7 Å². The number of ether oxygens (including phenoxy) is 1. The summed E-state index contributed by atoms with van der Waals surface area (Å²) < 4.78 is 21.1. The Kier molecular flexibility index (Phi) is 9.64. The summed E-state index contributed by atoms with van der Waals surface area (Å²) >= 11 is 0. The van der Waals surface area contributed by atoms with E-state index in [-0.39, 0.29) is 18.3 Å². The summed E-state index contributed by atoms with van der Waals surface area (Å²) in [5, 5.41) is 0. The molecule has 1 aliphatic heterocycles. The molecule has 2 aliphatic rings. The fourth-order valence-electron chi connectivity index (χ4n) is 3.47. The molecule has 1 heterocycles. The predicted octanol–water partition coefficient (Wildman–Crippen LogP) is 5.14. The minimum absolute atomic E-state index is 0.0379. The molecule has 0 unspecified atom stereocenters.